The Hall–Kier alpha value is -6.60. The maximum Gasteiger partial charge on any atom is 0.338 e. The maximum atomic E-state index is 13.8. The number of carbonyl (C=O) groups excluding carboxylic acids is 3. The van der Waals surface area contributed by atoms with E-state index in [1.54, 1.807) is 102 Å². The minimum Gasteiger partial charge on any atom is -0.459 e. The molecule has 1 saturated heterocycles. The summed E-state index contributed by atoms with van der Waals surface area (Å²) in [6, 6.07) is 34.9. The fourth-order valence-corrected chi connectivity index (χ4v) is 6.07. The molecule has 13 nitrogen and oxygen atoms in total. The van der Waals surface area contributed by atoms with E-state index in [1.165, 1.54) is 6.33 Å². The van der Waals surface area contributed by atoms with Crippen LogP contribution in [0.3, 0.4) is 0 Å². The Morgan fingerprint density at radius 2 is 1.35 bits per heavy atom. The molecule has 0 amide bonds. The molecule has 0 saturated carbocycles. The predicted octanol–water partition coefficient (Wildman–Crippen LogP) is 5.62. The molecule has 0 bridgehead atoms. The quantitative estimate of drug-likeness (QED) is 0.127. The van der Waals surface area contributed by atoms with E-state index < -0.39 is 41.9 Å². The van der Waals surface area contributed by atoms with Gasteiger partial charge in [-0.05, 0) is 48.9 Å². The maximum absolute atomic E-state index is 13.8. The molecule has 7 rings (SSSR count). The Balaban J connectivity index is 1.29. The van der Waals surface area contributed by atoms with Gasteiger partial charge in [0.2, 0.25) is 5.95 Å². The molecule has 0 aliphatic carbocycles. The fraction of sp³-hybridized carbons (Fsp3) is 0.179. The number of imidazole rings is 1. The highest BCUT2D eigenvalue weighted by molar-refractivity contribution is 5.91. The van der Waals surface area contributed by atoms with Crippen LogP contribution in [0.5, 0.6) is 0 Å². The van der Waals surface area contributed by atoms with Gasteiger partial charge in [-0.15, -0.1) is 0 Å². The summed E-state index contributed by atoms with van der Waals surface area (Å²) in [5, 5.41) is 3.27. The van der Waals surface area contributed by atoms with Crippen LogP contribution in [0.4, 0.5) is 11.8 Å². The number of hydrogen-bond donors (Lipinski definition) is 2. The fourth-order valence-electron chi connectivity index (χ4n) is 6.07. The van der Waals surface area contributed by atoms with E-state index in [2.05, 4.69) is 20.3 Å². The van der Waals surface area contributed by atoms with Gasteiger partial charge >= 0.3 is 17.9 Å². The highest BCUT2D eigenvalue weighted by Gasteiger charge is 2.61. The average molecular weight is 699 g/mol. The molecule has 1 aliphatic heterocycles. The lowest BCUT2D eigenvalue weighted by Crippen LogP contribution is -2.50. The van der Waals surface area contributed by atoms with Crippen LogP contribution in [0.25, 0.3) is 11.2 Å². The van der Waals surface area contributed by atoms with Crippen molar-refractivity contribution in [3.63, 3.8) is 0 Å². The number of esters is 3. The summed E-state index contributed by atoms with van der Waals surface area (Å²) in [4.78, 5) is 54.0. The molecular weight excluding hydrogens is 664 g/mol. The largest absolute Gasteiger partial charge is 0.459 e. The van der Waals surface area contributed by atoms with Crippen molar-refractivity contribution in [1.82, 2.24) is 19.5 Å². The van der Waals surface area contributed by atoms with Crippen molar-refractivity contribution in [2.45, 2.75) is 37.5 Å². The van der Waals surface area contributed by atoms with E-state index in [-0.39, 0.29) is 29.3 Å². The van der Waals surface area contributed by atoms with E-state index in [0.29, 0.717) is 23.4 Å². The minimum atomic E-state index is -1.74. The zero-order valence-electron chi connectivity index (χ0n) is 28.0. The van der Waals surface area contributed by atoms with Crippen LogP contribution in [-0.2, 0) is 25.5 Å². The van der Waals surface area contributed by atoms with Gasteiger partial charge in [-0.3, -0.25) is 4.57 Å². The molecule has 6 aromatic rings. The lowest BCUT2D eigenvalue weighted by Gasteiger charge is -2.34. The summed E-state index contributed by atoms with van der Waals surface area (Å²) in [5.41, 5.74) is 6.91. The second-order valence-electron chi connectivity index (χ2n) is 12.2. The number of rotatable bonds is 11. The molecule has 13 heteroatoms. The number of carbonyl (C=O) groups is 3. The van der Waals surface area contributed by atoms with Crippen LogP contribution in [0.15, 0.2) is 128 Å². The second kappa shape index (κ2) is 14.7. The Morgan fingerprint density at radius 3 is 1.96 bits per heavy atom. The molecule has 4 unspecified atom stereocenters. The number of benzene rings is 4. The van der Waals surface area contributed by atoms with Crippen LogP contribution in [-0.4, -0.2) is 61.8 Å². The number of nitrogens with two attached hydrogens (primary N) is 1. The van der Waals surface area contributed by atoms with E-state index in [0.717, 1.165) is 5.56 Å². The molecule has 52 heavy (non-hydrogen) atoms. The normalized spacial score (nSPS) is 19.5. The monoisotopic (exact) mass is 698 g/mol. The first-order chi connectivity index (χ1) is 25.3. The first kappa shape index (κ1) is 33.9. The van der Waals surface area contributed by atoms with Gasteiger partial charge in [-0.2, -0.15) is 9.97 Å². The van der Waals surface area contributed by atoms with Crippen molar-refractivity contribution in [3.05, 3.63) is 150 Å². The second-order valence-corrected chi connectivity index (χ2v) is 12.2. The molecule has 1 aliphatic rings. The van der Waals surface area contributed by atoms with E-state index in [9.17, 15) is 14.4 Å². The van der Waals surface area contributed by atoms with Crippen LogP contribution in [0.2, 0.25) is 0 Å². The van der Waals surface area contributed by atoms with E-state index >= 15 is 0 Å². The summed E-state index contributed by atoms with van der Waals surface area (Å²) in [6.07, 6.45) is -2.17. The molecule has 4 atom stereocenters. The third-order valence-electron chi connectivity index (χ3n) is 8.64. The summed E-state index contributed by atoms with van der Waals surface area (Å²) in [6.45, 7) is 1.66. The van der Waals surface area contributed by atoms with E-state index in [4.69, 9.17) is 24.7 Å². The molecule has 0 radical (unpaired) electrons. The summed E-state index contributed by atoms with van der Waals surface area (Å²) in [5.74, 6) is -1.71. The number of anilines is 2. The zero-order chi connectivity index (χ0) is 36.1. The van der Waals surface area contributed by atoms with Crippen molar-refractivity contribution in [1.29, 1.82) is 0 Å². The SMILES string of the molecule is CC1(OC(=O)c2ccccc2)C(OC(=O)c2ccccc2)C(COC(=O)c2ccccc2)OC1n1cnc2c(NCc3ccccc3)nc(N)nc21. The smallest absolute Gasteiger partial charge is 0.338 e. The molecule has 3 N–H and O–H groups in total. The van der Waals surface area contributed by atoms with Gasteiger partial charge in [0.25, 0.3) is 0 Å². The van der Waals surface area contributed by atoms with Crippen LogP contribution in [0.1, 0.15) is 49.8 Å². The Labute approximate surface area is 298 Å². The van der Waals surface area contributed by atoms with Crippen LogP contribution < -0.4 is 11.1 Å². The molecule has 262 valence electrons. The lowest BCUT2D eigenvalue weighted by molar-refractivity contribution is -0.108. The molecular formula is C39H34N6O7. The number of fused-ring (bicyclic) bond motifs is 1. The number of hydrogen-bond acceptors (Lipinski definition) is 12. The van der Waals surface area contributed by atoms with Crippen molar-refractivity contribution in [2.24, 2.45) is 0 Å². The number of nitrogens with zero attached hydrogens (tertiary/aromatic N) is 4. The topological polar surface area (TPSA) is 170 Å². The van der Waals surface area contributed by atoms with Gasteiger partial charge in [0.1, 0.15) is 12.7 Å². The van der Waals surface area contributed by atoms with E-state index in [1.807, 2.05) is 30.3 Å². The summed E-state index contributed by atoms with van der Waals surface area (Å²) >= 11 is 0. The summed E-state index contributed by atoms with van der Waals surface area (Å²) < 4.78 is 26.3. The first-order valence-electron chi connectivity index (χ1n) is 16.5. The molecule has 1 fully saturated rings. The minimum absolute atomic E-state index is 0.0498. The zero-order valence-corrected chi connectivity index (χ0v) is 28.0. The highest BCUT2D eigenvalue weighted by atomic mass is 16.7. The number of nitrogen functional groups attached to an aromatic ring is 1. The Kier molecular flexibility index (Phi) is 9.58. The van der Waals surface area contributed by atoms with Gasteiger partial charge in [0.05, 0.1) is 23.0 Å². The van der Waals surface area contributed by atoms with Crippen molar-refractivity contribution in [3.8, 4) is 0 Å². The van der Waals surface area contributed by atoms with Gasteiger partial charge in [0, 0.05) is 6.54 Å². The Bertz CT molecular complexity index is 2190. The van der Waals surface area contributed by atoms with Crippen LogP contribution >= 0.6 is 0 Å². The van der Waals surface area contributed by atoms with Gasteiger partial charge in [-0.1, -0.05) is 84.9 Å². The molecule has 0 spiro atoms. The molecule has 3 heterocycles. The average Bonchev–Trinajstić information content (AvgIpc) is 3.71. The third kappa shape index (κ3) is 7.02. The Morgan fingerprint density at radius 1 is 0.788 bits per heavy atom. The molecule has 2 aromatic heterocycles. The van der Waals surface area contributed by atoms with Crippen molar-refractivity contribution >= 4 is 40.8 Å². The molecule has 4 aromatic carbocycles. The van der Waals surface area contributed by atoms with Crippen LogP contribution in [0, 0.1) is 0 Å². The first-order valence-corrected chi connectivity index (χ1v) is 16.5. The summed E-state index contributed by atoms with van der Waals surface area (Å²) in [7, 11) is 0. The number of ether oxygens (including phenoxy) is 4. The third-order valence-corrected chi connectivity index (χ3v) is 8.64. The van der Waals surface area contributed by atoms with Gasteiger partial charge in [0.15, 0.2) is 34.9 Å². The van der Waals surface area contributed by atoms with Gasteiger partial charge in [-0.25, -0.2) is 19.4 Å². The lowest BCUT2D eigenvalue weighted by atomic mass is 9.95. The standard InChI is InChI=1S/C39H34N6O7/c1-39(52-36(48)28-20-12-5-13-21-28)31(51-35(47)27-18-10-4-11-19-27)29(23-49-34(46)26-16-8-3-9-17-26)50-37(39)45-24-42-30-32(43-38(40)44-33(30)45)41-22-25-14-6-2-7-15-25/h2-21,24,29,31,37H,22-23H2,1H3,(H3,40,41,43,44). The number of nitrogens with one attached hydrogen (secondary N) is 1. The van der Waals surface area contributed by atoms with Crippen molar-refractivity contribution in [2.75, 3.05) is 17.7 Å². The predicted molar refractivity (Wildman–Crippen MR) is 190 cm³/mol. The van der Waals surface area contributed by atoms with Gasteiger partial charge < -0.3 is 30.0 Å². The van der Waals surface area contributed by atoms with Crippen molar-refractivity contribution < 1.29 is 33.3 Å². The number of aromatic nitrogens is 4. The highest BCUT2D eigenvalue weighted by Crippen LogP contribution is 2.45.